The molecule has 0 bridgehead atoms. The van der Waals surface area contributed by atoms with E-state index in [-0.39, 0.29) is 29.6 Å². The molecule has 33 heavy (non-hydrogen) atoms. The second-order valence-electron chi connectivity index (χ2n) is 7.54. The Kier molecular flexibility index (Phi) is 4.98. The monoisotopic (exact) mass is 439 g/mol. The highest BCUT2D eigenvalue weighted by Crippen LogP contribution is 2.24. The maximum Gasteiger partial charge on any atom is 0.269 e. The molecule has 0 spiro atoms. The molecular formula is C24H17N5O4. The minimum absolute atomic E-state index is 0.0319. The van der Waals surface area contributed by atoms with Gasteiger partial charge in [0.05, 0.1) is 4.92 Å². The third kappa shape index (κ3) is 3.87. The third-order valence-corrected chi connectivity index (χ3v) is 5.26. The summed E-state index contributed by atoms with van der Waals surface area (Å²) in [5.74, 6) is 0.429. The number of hydrogen-bond donors (Lipinski definition) is 0. The molecule has 3 heterocycles. The molecule has 5 aromatic rings. The highest BCUT2D eigenvalue weighted by atomic mass is 16.6. The standard InChI is InChI=1S/C24H17N5O4/c1-15-4-2-5-17(12-15)20-13-18-6-3-11-25-22(18)28(24(20)30)14-21-26-27-23(33-21)16-7-9-19(10-8-16)29(31)32/h2-13H,14H2,1H3. The molecule has 0 aliphatic heterocycles. The van der Waals surface area contributed by atoms with Gasteiger partial charge in [0.1, 0.15) is 12.2 Å². The molecule has 0 saturated heterocycles. The predicted molar refractivity (Wildman–Crippen MR) is 122 cm³/mol. The van der Waals surface area contributed by atoms with Crippen molar-refractivity contribution >= 4 is 16.7 Å². The molecule has 0 amide bonds. The quantitative estimate of drug-likeness (QED) is 0.295. The second kappa shape index (κ2) is 8.12. The number of aromatic nitrogens is 4. The number of nitro groups is 1. The van der Waals surface area contributed by atoms with Gasteiger partial charge in [-0.2, -0.15) is 0 Å². The maximum atomic E-state index is 13.4. The van der Waals surface area contributed by atoms with Gasteiger partial charge in [0.15, 0.2) is 0 Å². The SMILES string of the molecule is Cc1cccc(-c2cc3cccnc3n(Cc3nnc(-c4ccc([N+](=O)[O-])cc4)o3)c2=O)c1. The van der Waals surface area contributed by atoms with Gasteiger partial charge in [-0.1, -0.05) is 29.8 Å². The van der Waals surface area contributed by atoms with Gasteiger partial charge in [-0.3, -0.25) is 19.5 Å². The number of nitro benzene ring substituents is 1. The fraction of sp³-hybridized carbons (Fsp3) is 0.0833. The van der Waals surface area contributed by atoms with Crippen molar-refractivity contribution < 1.29 is 9.34 Å². The lowest BCUT2D eigenvalue weighted by atomic mass is 10.0. The van der Waals surface area contributed by atoms with Crippen molar-refractivity contribution in [2.24, 2.45) is 0 Å². The van der Waals surface area contributed by atoms with E-state index in [1.54, 1.807) is 6.20 Å². The molecule has 162 valence electrons. The van der Waals surface area contributed by atoms with E-state index in [1.807, 2.05) is 49.4 Å². The first-order valence-corrected chi connectivity index (χ1v) is 10.1. The molecule has 0 saturated carbocycles. The molecule has 0 fully saturated rings. The molecule has 0 aliphatic rings. The average Bonchev–Trinajstić information content (AvgIpc) is 3.29. The van der Waals surface area contributed by atoms with Gasteiger partial charge < -0.3 is 4.42 Å². The number of benzene rings is 2. The average molecular weight is 439 g/mol. The van der Waals surface area contributed by atoms with Crippen molar-refractivity contribution in [3.63, 3.8) is 0 Å². The predicted octanol–water partition coefficient (Wildman–Crippen LogP) is 4.38. The Bertz CT molecular complexity index is 1550. The Morgan fingerprint density at radius 3 is 2.58 bits per heavy atom. The summed E-state index contributed by atoms with van der Waals surface area (Å²) < 4.78 is 7.28. The highest BCUT2D eigenvalue weighted by molar-refractivity contribution is 5.81. The van der Waals surface area contributed by atoms with Gasteiger partial charge in [-0.25, -0.2) is 4.98 Å². The zero-order chi connectivity index (χ0) is 22.9. The summed E-state index contributed by atoms with van der Waals surface area (Å²) >= 11 is 0. The minimum Gasteiger partial charge on any atom is -0.419 e. The van der Waals surface area contributed by atoms with Crippen LogP contribution in [-0.4, -0.2) is 24.7 Å². The van der Waals surface area contributed by atoms with Gasteiger partial charge in [-0.05, 0) is 42.8 Å². The van der Waals surface area contributed by atoms with E-state index >= 15 is 0 Å². The van der Waals surface area contributed by atoms with E-state index in [0.29, 0.717) is 16.8 Å². The number of pyridine rings is 2. The van der Waals surface area contributed by atoms with E-state index in [0.717, 1.165) is 16.5 Å². The van der Waals surface area contributed by atoms with E-state index < -0.39 is 4.92 Å². The number of fused-ring (bicyclic) bond motifs is 1. The maximum absolute atomic E-state index is 13.4. The van der Waals surface area contributed by atoms with Crippen molar-refractivity contribution in [3.05, 3.63) is 105 Å². The Balaban J connectivity index is 1.56. The molecule has 0 unspecified atom stereocenters. The first kappa shape index (κ1) is 20.3. The molecule has 9 heteroatoms. The molecule has 0 radical (unpaired) electrons. The Hall–Kier alpha value is -4.66. The normalized spacial score (nSPS) is 11.1. The largest absolute Gasteiger partial charge is 0.419 e. The minimum atomic E-state index is -0.477. The van der Waals surface area contributed by atoms with Crippen molar-refractivity contribution in [2.45, 2.75) is 13.5 Å². The summed E-state index contributed by atoms with van der Waals surface area (Å²) in [6.07, 6.45) is 1.63. The summed E-state index contributed by atoms with van der Waals surface area (Å²) in [5.41, 5.74) is 3.22. The van der Waals surface area contributed by atoms with Crippen LogP contribution in [0.4, 0.5) is 5.69 Å². The number of nitrogens with zero attached hydrogens (tertiary/aromatic N) is 5. The van der Waals surface area contributed by atoms with Crippen LogP contribution < -0.4 is 5.56 Å². The van der Waals surface area contributed by atoms with Gasteiger partial charge in [0, 0.05) is 34.8 Å². The smallest absolute Gasteiger partial charge is 0.269 e. The fourth-order valence-electron chi connectivity index (χ4n) is 3.67. The number of aryl methyl sites for hydroxylation is 1. The fourth-order valence-corrected chi connectivity index (χ4v) is 3.67. The molecule has 2 aromatic carbocycles. The zero-order valence-corrected chi connectivity index (χ0v) is 17.5. The summed E-state index contributed by atoms with van der Waals surface area (Å²) in [6, 6.07) is 19.1. The molecular weight excluding hydrogens is 422 g/mol. The van der Waals surface area contributed by atoms with Crippen LogP contribution in [0.15, 0.2) is 82.1 Å². The summed E-state index contributed by atoms with van der Waals surface area (Å²) in [7, 11) is 0. The lowest BCUT2D eigenvalue weighted by Crippen LogP contribution is -2.23. The Morgan fingerprint density at radius 1 is 1.00 bits per heavy atom. The summed E-state index contributed by atoms with van der Waals surface area (Å²) in [5, 5.41) is 19.8. The van der Waals surface area contributed by atoms with Gasteiger partial charge >= 0.3 is 0 Å². The lowest BCUT2D eigenvalue weighted by Gasteiger charge is -2.11. The van der Waals surface area contributed by atoms with Crippen LogP contribution in [-0.2, 0) is 6.54 Å². The van der Waals surface area contributed by atoms with Crippen LogP contribution in [0.3, 0.4) is 0 Å². The van der Waals surface area contributed by atoms with E-state index in [2.05, 4.69) is 15.2 Å². The highest BCUT2D eigenvalue weighted by Gasteiger charge is 2.16. The summed E-state index contributed by atoms with van der Waals surface area (Å²) in [6.45, 7) is 2.01. The van der Waals surface area contributed by atoms with Gasteiger partial charge in [0.2, 0.25) is 11.8 Å². The van der Waals surface area contributed by atoms with Crippen LogP contribution in [0.5, 0.6) is 0 Å². The van der Waals surface area contributed by atoms with E-state index in [1.165, 1.54) is 28.8 Å². The van der Waals surface area contributed by atoms with Crippen LogP contribution in [0.25, 0.3) is 33.6 Å². The second-order valence-corrected chi connectivity index (χ2v) is 7.54. The zero-order valence-electron chi connectivity index (χ0n) is 17.5. The molecule has 9 nitrogen and oxygen atoms in total. The Morgan fingerprint density at radius 2 is 1.82 bits per heavy atom. The topological polar surface area (TPSA) is 117 Å². The van der Waals surface area contributed by atoms with Crippen LogP contribution in [0.2, 0.25) is 0 Å². The first-order valence-electron chi connectivity index (χ1n) is 10.1. The summed E-state index contributed by atoms with van der Waals surface area (Å²) in [4.78, 5) is 28.2. The molecule has 0 N–H and O–H groups in total. The van der Waals surface area contributed by atoms with Gasteiger partial charge in [-0.15, -0.1) is 10.2 Å². The number of non-ortho nitro benzene ring substituents is 1. The van der Waals surface area contributed by atoms with Crippen molar-refractivity contribution in [2.75, 3.05) is 0 Å². The third-order valence-electron chi connectivity index (χ3n) is 5.26. The van der Waals surface area contributed by atoms with Crippen LogP contribution >= 0.6 is 0 Å². The molecule has 0 aliphatic carbocycles. The van der Waals surface area contributed by atoms with Crippen molar-refractivity contribution in [3.8, 4) is 22.6 Å². The number of hydrogen-bond acceptors (Lipinski definition) is 7. The molecule has 3 aromatic heterocycles. The van der Waals surface area contributed by atoms with E-state index in [4.69, 9.17) is 4.42 Å². The van der Waals surface area contributed by atoms with Crippen LogP contribution in [0, 0.1) is 17.0 Å². The van der Waals surface area contributed by atoms with E-state index in [9.17, 15) is 14.9 Å². The Labute approximate surface area is 187 Å². The lowest BCUT2D eigenvalue weighted by molar-refractivity contribution is -0.384. The first-order chi connectivity index (χ1) is 16.0. The van der Waals surface area contributed by atoms with Crippen molar-refractivity contribution in [1.29, 1.82) is 0 Å². The van der Waals surface area contributed by atoms with Crippen molar-refractivity contribution in [1.82, 2.24) is 19.7 Å². The molecule has 5 rings (SSSR count). The number of rotatable bonds is 5. The molecule has 0 atom stereocenters. The van der Waals surface area contributed by atoms with Gasteiger partial charge in [0.25, 0.3) is 11.2 Å². The van der Waals surface area contributed by atoms with Crippen LogP contribution in [0.1, 0.15) is 11.5 Å².